The molecule has 3 amide bonds. The van der Waals surface area contributed by atoms with Gasteiger partial charge in [-0.25, -0.2) is 4.79 Å². The molecule has 0 unspecified atom stereocenters. The van der Waals surface area contributed by atoms with Crippen molar-refractivity contribution in [2.75, 3.05) is 33.7 Å². The molecule has 0 saturated carbocycles. The summed E-state index contributed by atoms with van der Waals surface area (Å²) in [7, 11) is 6.05. The molecule has 1 heterocycles. The van der Waals surface area contributed by atoms with Crippen LogP contribution >= 0.6 is 0 Å². The van der Waals surface area contributed by atoms with Crippen LogP contribution in [0, 0.1) is 0 Å². The Morgan fingerprint density at radius 2 is 1.56 bits per heavy atom. The monoisotopic (exact) mass is 466 g/mol. The Balaban J connectivity index is 1.57. The average molecular weight is 466 g/mol. The van der Waals surface area contributed by atoms with Gasteiger partial charge in [0, 0.05) is 38.0 Å². The number of methoxy groups -OCH3 is 3. The molecule has 3 aromatic rings. The van der Waals surface area contributed by atoms with Gasteiger partial charge in [-0.3, -0.25) is 9.78 Å². The van der Waals surface area contributed by atoms with E-state index in [1.54, 1.807) is 36.4 Å². The van der Waals surface area contributed by atoms with E-state index in [0.717, 1.165) is 5.56 Å². The van der Waals surface area contributed by atoms with Crippen molar-refractivity contribution in [3.8, 4) is 28.7 Å². The van der Waals surface area contributed by atoms with Crippen molar-refractivity contribution >= 4 is 17.6 Å². The van der Waals surface area contributed by atoms with Crippen LogP contribution in [0.4, 0.5) is 10.5 Å². The first-order valence-electron chi connectivity index (χ1n) is 10.3. The zero-order chi connectivity index (χ0) is 24.5. The number of rotatable bonds is 9. The van der Waals surface area contributed by atoms with E-state index in [4.69, 9.17) is 18.9 Å². The Bertz CT molecular complexity index is 1130. The van der Waals surface area contributed by atoms with E-state index in [1.165, 1.54) is 34.6 Å². The molecule has 0 spiro atoms. The lowest BCUT2D eigenvalue weighted by Gasteiger charge is -2.15. The van der Waals surface area contributed by atoms with E-state index in [9.17, 15) is 9.59 Å². The Labute approximate surface area is 197 Å². The quantitative estimate of drug-likeness (QED) is 0.441. The van der Waals surface area contributed by atoms with Crippen LogP contribution in [0.2, 0.25) is 0 Å². The smallest absolute Gasteiger partial charge is 0.319 e. The number of nitrogens with one attached hydrogen (secondary N) is 3. The van der Waals surface area contributed by atoms with Crippen LogP contribution < -0.4 is 34.9 Å². The molecular formula is C24H26N4O6. The maximum atomic E-state index is 12.4. The Morgan fingerprint density at radius 3 is 2.15 bits per heavy atom. The number of hydrogen-bond acceptors (Lipinski definition) is 7. The summed E-state index contributed by atoms with van der Waals surface area (Å²) in [6.45, 7) is 0.298. The lowest BCUT2D eigenvalue weighted by atomic mass is 10.2. The molecule has 10 nitrogen and oxygen atoms in total. The molecule has 0 atom stereocenters. The normalized spacial score (nSPS) is 10.1. The zero-order valence-electron chi connectivity index (χ0n) is 19.3. The molecule has 34 heavy (non-hydrogen) atoms. The van der Waals surface area contributed by atoms with Gasteiger partial charge in [0.25, 0.3) is 5.91 Å². The van der Waals surface area contributed by atoms with Gasteiger partial charge >= 0.3 is 6.03 Å². The number of aromatic nitrogens is 1. The molecule has 10 heteroatoms. The highest BCUT2D eigenvalue weighted by Gasteiger charge is 2.14. The maximum absolute atomic E-state index is 12.4. The molecule has 2 aromatic carbocycles. The van der Waals surface area contributed by atoms with Crippen LogP contribution in [0.1, 0.15) is 16.1 Å². The summed E-state index contributed by atoms with van der Waals surface area (Å²) in [6.07, 6.45) is 1.50. The van der Waals surface area contributed by atoms with E-state index in [1.807, 2.05) is 12.1 Å². The number of anilines is 1. The van der Waals surface area contributed by atoms with Gasteiger partial charge in [-0.15, -0.1) is 0 Å². The van der Waals surface area contributed by atoms with Crippen LogP contribution in [-0.2, 0) is 6.54 Å². The van der Waals surface area contributed by atoms with Crippen LogP contribution in [-0.4, -0.2) is 45.3 Å². The summed E-state index contributed by atoms with van der Waals surface area (Å²) in [4.78, 5) is 28.1. The topological polar surface area (TPSA) is 120 Å². The predicted molar refractivity (Wildman–Crippen MR) is 126 cm³/mol. The molecule has 0 fully saturated rings. The second-order valence-electron chi connectivity index (χ2n) is 6.92. The van der Waals surface area contributed by atoms with Gasteiger partial charge < -0.3 is 34.9 Å². The predicted octanol–water partition coefficient (Wildman–Crippen LogP) is 3.58. The average Bonchev–Trinajstić information content (AvgIpc) is 2.87. The van der Waals surface area contributed by atoms with E-state index in [-0.39, 0.29) is 11.6 Å². The number of carbonyl (C=O) groups excluding carboxylic acids is 2. The van der Waals surface area contributed by atoms with Gasteiger partial charge in [-0.05, 0) is 23.8 Å². The molecule has 0 radical (unpaired) electrons. The first-order valence-corrected chi connectivity index (χ1v) is 10.3. The van der Waals surface area contributed by atoms with Gasteiger partial charge in [0.1, 0.15) is 17.2 Å². The molecule has 0 bridgehead atoms. The highest BCUT2D eigenvalue weighted by molar-refractivity contribution is 5.92. The summed E-state index contributed by atoms with van der Waals surface area (Å²) in [5.41, 5.74) is 1.62. The fourth-order valence-electron chi connectivity index (χ4n) is 3.05. The van der Waals surface area contributed by atoms with E-state index in [0.29, 0.717) is 41.0 Å². The van der Waals surface area contributed by atoms with Crippen molar-refractivity contribution in [1.29, 1.82) is 0 Å². The first-order chi connectivity index (χ1) is 16.5. The zero-order valence-corrected chi connectivity index (χ0v) is 19.3. The molecular weight excluding hydrogens is 440 g/mol. The molecule has 178 valence electrons. The van der Waals surface area contributed by atoms with Gasteiger partial charge in [0.05, 0.1) is 27.0 Å². The summed E-state index contributed by atoms with van der Waals surface area (Å²) < 4.78 is 21.7. The number of hydrogen-bond donors (Lipinski definition) is 3. The van der Waals surface area contributed by atoms with Gasteiger partial charge in [-0.1, -0.05) is 12.1 Å². The Kier molecular flexibility index (Phi) is 8.11. The minimum atomic E-state index is -0.395. The number of amides is 3. The minimum Gasteiger partial charge on any atom is -0.493 e. The fourth-order valence-corrected chi connectivity index (χ4v) is 3.05. The van der Waals surface area contributed by atoms with Gasteiger partial charge in [0.2, 0.25) is 5.75 Å². The number of nitrogens with zero attached hydrogens (tertiary/aromatic N) is 1. The van der Waals surface area contributed by atoms with Crippen LogP contribution in [0.3, 0.4) is 0 Å². The summed E-state index contributed by atoms with van der Waals surface area (Å²) in [5.74, 6) is 2.09. The number of benzene rings is 2. The van der Waals surface area contributed by atoms with Crippen LogP contribution in [0.15, 0.2) is 54.7 Å². The first kappa shape index (κ1) is 24.2. The van der Waals surface area contributed by atoms with Crippen molar-refractivity contribution < 1.29 is 28.5 Å². The van der Waals surface area contributed by atoms with Crippen LogP contribution in [0.5, 0.6) is 28.7 Å². The standard InChI is InChI=1S/C24H26N4O6/c1-25-23(29)19-13-18(9-10-26-19)34-17-7-5-15(6-8-17)14-27-24(30)28-16-11-20(31-2)22(33-4)21(12-16)32-3/h5-13H,14H2,1-4H3,(H,25,29)(H2,27,28,30). The third-order valence-corrected chi connectivity index (χ3v) is 4.73. The maximum Gasteiger partial charge on any atom is 0.319 e. The lowest BCUT2D eigenvalue weighted by Crippen LogP contribution is -2.28. The third-order valence-electron chi connectivity index (χ3n) is 4.73. The Morgan fingerprint density at radius 1 is 0.882 bits per heavy atom. The number of carbonyl (C=O) groups is 2. The molecule has 3 rings (SSSR count). The second-order valence-corrected chi connectivity index (χ2v) is 6.92. The second kappa shape index (κ2) is 11.4. The van der Waals surface area contributed by atoms with Crippen molar-refractivity contribution in [2.24, 2.45) is 0 Å². The molecule has 0 aliphatic heterocycles. The van der Waals surface area contributed by atoms with Crippen molar-refractivity contribution in [3.05, 3.63) is 66.0 Å². The minimum absolute atomic E-state index is 0.263. The number of ether oxygens (including phenoxy) is 4. The van der Waals surface area contributed by atoms with Crippen LogP contribution in [0.25, 0.3) is 0 Å². The SMILES string of the molecule is CNC(=O)c1cc(Oc2ccc(CNC(=O)Nc3cc(OC)c(OC)c(OC)c3)cc2)ccn1. The summed E-state index contributed by atoms with van der Waals surface area (Å²) in [6, 6.07) is 13.3. The fraction of sp³-hybridized carbons (Fsp3) is 0.208. The third kappa shape index (κ3) is 6.06. The molecule has 3 N–H and O–H groups in total. The Hall–Kier alpha value is -4.47. The summed E-state index contributed by atoms with van der Waals surface area (Å²) >= 11 is 0. The highest BCUT2D eigenvalue weighted by Crippen LogP contribution is 2.39. The van der Waals surface area contributed by atoms with E-state index < -0.39 is 6.03 Å². The number of pyridine rings is 1. The molecule has 1 aromatic heterocycles. The highest BCUT2D eigenvalue weighted by atomic mass is 16.5. The molecule has 0 aliphatic rings. The van der Waals surface area contributed by atoms with E-state index >= 15 is 0 Å². The largest absolute Gasteiger partial charge is 0.493 e. The van der Waals surface area contributed by atoms with Crippen molar-refractivity contribution in [1.82, 2.24) is 15.6 Å². The summed E-state index contributed by atoms with van der Waals surface area (Å²) in [5, 5.41) is 8.06. The van der Waals surface area contributed by atoms with Gasteiger partial charge in [0.15, 0.2) is 11.5 Å². The van der Waals surface area contributed by atoms with Gasteiger partial charge in [-0.2, -0.15) is 0 Å². The molecule has 0 saturated heterocycles. The lowest BCUT2D eigenvalue weighted by molar-refractivity contribution is 0.0957. The number of urea groups is 1. The van der Waals surface area contributed by atoms with Crippen molar-refractivity contribution in [3.63, 3.8) is 0 Å². The van der Waals surface area contributed by atoms with E-state index in [2.05, 4.69) is 20.9 Å². The van der Waals surface area contributed by atoms with Crippen molar-refractivity contribution in [2.45, 2.75) is 6.54 Å². The molecule has 0 aliphatic carbocycles.